The number of ether oxygens (including phenoxy) is 1. The molecule has 0 bridgehead atoms. The largest absolute Gasteiger partial charge is 0.490 e. The van der Waals surface area contributed by atoms with E-state index >= 15 is 0 Å². The third-order valence-electron chi connectivity index (χ3n) is 4.88. The van der Waals surface area contributed by atoms with Crippen LogP contribution in [0.25, 0.3) is 11.1 Å². The second-order valence-corrected chi connectivity index (χ2v) is 9.32. The Morgan fingerprint density at radius 2 is 1.97 bits per heavy atom. The summed E-state index contributed by atoms with van der Waals surface area (Å²) in [6.07, 6.45) is 2.57. The molecule has 0 saturated carbocycles. The van der Waals surface area contributed by atoms with Crippen LogP contribution in [0.4, 0.5) is 10.6 Å². The quantitative estimate of drug-likeness (QED) is 0.401. The van der Waals surface area contributed by atoms with Crippen LogP contribution in [0.3, 0.4) is 0 Å². The Labute approximate surface area is 201 Å². The molecule has 34 heavy (non-hydrogen) atoms. The molecule has 2 heterocycles. The summed E-state index contributed by atoms with van der Waals surface area (Å²) in [7, 11) is 0. The van der Waals surface area contributed by atoms with Gasteiger partial charge >= 0.3 is 6.09 Å². The fourth-order valence-corrected chi connectivity index (χ4v) is 4.18. The minimum atomic E-state index is -1.13. The minimum absolute atomic E-state index is 0.0771. The molecule has 2 amide bonds. The Bertz CT molecular complexity index is 1210. The first kappa shape index (κ1) is 24.7. The monoisotopic (exact) mass is 479 g/mol. The van der Waals surface area contributed by atoms with E-state index in [2.05, 4.69) is 26.7 Å². The number of nitriles is 1. The van der Waals surface area contributed by atoms with Crippen molar-refractivity contribution in [3.63, 3.8) is 0 Å². The number of carbonyl (C=O) groups is 2. The first-order valence-electron chi connectivity index (χ1n) is 10.5. The number of carboxylic acid groups (broad SMARTS) is 1. The molecule has 0 radical (unpaired) electrons. The number of aromatic nitrogens is 2. The van der Waals surface area contributed by atoms with E-state index in [0.29, 0.717) is 28.6 Å². The Balaban J connectivity index is 1.78. The topological polar surface area (TPSA) is 137 Å². The number of rotatable bonds is 9. The van der Waals surface area contributed by atoms with Gasteiger partial charge < -0.3 is 20.5 Å². The number of anilines is 1. The molecule has 2 aromatic heterocycles. The molecule has 1 atom stereocenters. The number of benzene rings is 1. The Hall–Kier alpha value is -3.97. The van der Waals surface area contributed by atoms with Gasteiger partial charge in [-0.1, -0.05) is 19.9 Å². The molecule has 0 fully saturated rings. The maximum atomic E-state index is 12.3. The van der Waals surface area contributed by atoms with E-state index in [1.807, 2.05) is 13.8 Å². The van der Waals surface area contributed by atoms with Crippen molar-refractivity contribution in [1.82, 2.24) is 15.3 Å². The smallest absolute Gasteiger partial charge is 0.405 e. The number of hydrogen-bond acceptors (Lipinski definition) is 7. The van der Waals surface area contributed by atoms with Crippen LogP contribution in [0, 0.1) is 17.2 Å². The Morgan fingerprint density at radius 3 is 2.62 bits per heavy atom. The average Bonchev–Trinajstić information content (AvgIpc) is 3.32. The second kappa shape index (κ2) is 10.8. The molecule has 9 nitrogen and oxygen atoms in total. The average molecular weight is 480 g/mol. The fourth-order valence-electron chi connectivity index (χ4n) is 3.65. The lowest BCUT2D eigenvalue weighted by Crippen LogP contribution is -2.50. The van der Waals surface area contributed by atoms with Gasteiger partial charge in [0.15, 0.2) is 5.01 Å². The van der Waals surface area contributed by atoms with Crippen LogP contribution >= 0.6 is 11.3 Å². The minimum Gasteiger partial charge on any atom is -0.490 e. The van der Waals surface area contributed by atoms with E-state index in [1.165, 1.54) is 11.3 Å². The number of carbonyl (C=O) groups excluding carboxylic acids is 1. The highest BCUT2D eigenvalue weighted by molar-refractivity contribution is 7.11. The lowest BCUT2D eigenvalue weighted by molar-refractivity contribution is 0.102. The van der Waals surface area contributed by atoms with Crippen molar-refractivity contribution < 1.29 is 19.4 Å². The maximum absolute atomic E-state index is 12.3. The number of nitrogens with zero attached hydrogens (tertiary/aromatic N) is 3. The summed E-state index contributed by atoms with van der Waals surface area (Å²) in [4.78, 5) is 31.7. The van der Waals surface area contributed by atoms with Crippen LogP contribution in [0.5, 0.6) is 5.75 Å². The van der Waals surface area contributed by atoms with Gasteiger partial charge in [-0.05, 0) is 54.7 Å². The molecular formula is C24H25N5O4S. The predicted octanol–water partition coefficient (Wildman–Crippen LogP) is 4.78. The van der Waals surface area contributed by atoms with E-state index in [0.717, 1.165) is 11.1 Å². The zero-order valence-electron chi connectivity index (χ0n) is 19.0. The van der Waals surface area contributed by atoms with Crippen molar-refractivity contribution in [2.45, 2.75) is 32.7 Å². The van der Waals surface area contributed by atoms with Crippen molar-refractivity contribution in [3.8, 4) is 22.9 Å². The van der Waals surface area contributed by atoms with Gasteiger partial charge in [0.25, 0.3) is 5.91 Å². The van der Waals surface area contributed by atoms with Gasteiger partial charge in [0.1, 0.15) is 24.2 Å². The molecule has 0 aliphatic rings. The highest BCUT2D eigenvalue weighted by Crippen LogP contribution is 2.29. The van der Waals surface area contributed by atoms with Crippen molar-refractivity contribution in [2.24, 2.45) is 5.92 Å². The predicted molar refractivity (Wildman–Crippen MR) is 129 cm³/mol. The highest BCUT2D eigenvalue weighted by Gasteiger charge is 2.29. The summed E-state index contributed by atoms with van der Waals surface area (Å²) in [5, 5.41) is 26.2. The molecule has 0 spiro atoms. The molecular weight excluding hydrogens is 454 g/mol. The van der Waals surface area contributed by atoms with Gasteiger partial charge in [0.2, 0.25) is 0 Å². The number of thiazole rings is 1. The molecule has 3 rings (SSSR count). The Morgan fingerprint density at radius 1 is 1.21 bits per heavy atom. The number of amides is 2. The molecule has 176 valence electrons. The summed E-state index contributed by atoms with van der Waals surface area (Å²) in [6.45, 7) is 5.85. The molecule has 3 N–H and O–H groups in total. The first-order valence-corrected chi connectivity index (χ1v) is 11.4. The van der Waals surface area contributed by atoms with Crippen LogP contribution in [0.1, 0.15) is 42.6 Å². The van der Waals surface area contributed by atoms with Gasteiger partial charge in [0.05, 0.1) is 11.1 Å². The summed E-state index contributed by atoms with van der Waals surface area (Å²) in [5.74, 6) is 0.622. The van der Waals surface area contributed by atoms with Crippen molar-refractivity contribution >= 4 is 29.2 Å². The van der Waals surface area contributed by atoms with Crippen molar-refractivity contribution in [2.75, 3.05) is 11.9 Å². The van der Waals surface area contributed by atoms with Gasteiger partial charge in [0, 0.05) is 17.8 Å². The maximum Gasteiger partial charge on any atom is 0.405 e. The summed E-state index contributed by atoms with van der Waals surface area (Å²) < 4.78 is 5.88. The van der Waals surface area contributed by atoms with Gasteiger partial charge in [-0.2, -0.15) is 5.26 Å². The molecule has 0 aliphatic heterocycles. The lowest BCUT2D eigenvalue weighted by Gasteiger charge is -2.31. The number of hydrogen-bond donors (Lipinski definition) is 3. The standard InChI is InChI=1S/C24H25N5O4S/c1-15(2)12-24(3,29-23(31)32)14-33-19-5-4-16(10-18(19)13-25)17-6-7-26-20(11-17)28-21(30)22-27-8-9-34-22/h4-11,15,29H,12,14H2,1-3H3,(H,31,32)(H,26,28,30). The highest BCUT2D eigenvalue weighted by atomic mass is 32.1. The third-order valence-corrected chi connectivity index (χ3v) is 5.65. The molecule has 0 aliphatic carbocycles. The van der Waals surface area contributed by atoms with Gasteiger partial charge in [-0.15, -0.1) is 11.3 Å². The molecule has 10 heteroatoms. The molecule has 1 unspecified atom stereocenters. The number of pyridine rings is 1. The lowest BCUT2D eigenvalue weighted by atomic mass is 9.91. The SMILES string of the molecule is CC(C)CC(C)(COc1ccc(-c2ccnc(NC(=O)c3nccs3)c2)cc1C#N)NC(=O)O. The third kappa shape index (κ3) is 6.52. The van der Waals surface area contributed by atoms with E-state index in [9.17, 15) is 20.0 Å². The van der Waals surface area contributed by atoms with E-state index in [-0.39, 0.29) is 18.4 Å². The zero-order chi connectivity index (χ0) is 24.7. The fraction of sp³-hybridized carbons (Fsp3) is 0.292. The number of nitrogens with one attached hydrogen (secondary N) is 2. The van der Waals surface area contributed by atoms with E-state index in [1.54, 1.807) is 55.0 Å². The van der Waals surface area contributed by atoms with E-state index in [4.69, 9.17) is 4.74 Å². The van der Waals surface area contributed by atoms with Crippen LogP contribution < -0.4 is 15.4 Å². The second-order valence-electron chi connectivity index (χ2n) is 8.42. The molecule has 0 saturated heterocycles. The van der Waals surface area contributed by atoms with Crippen molar-refractivity contribution in [3.05, 3.63) is 58.7 Å². The Kier molecular flexibility index (Phi) is 7.81. The summed E-state index contributed by atoms with van der Waals surface area (Å²) in [5.41, 5.74) is 1.00. The molecule has 3 aromatic rings. The van der Waals surface area contributed by atoms with Crippen LogP contribution in [-0.2, 0) is 0 Å². The normalized spacial score (nSPS) is 12.4. The summed E-state index contributed by atoms with van der Waals surface area (Å²) >= 11 is 1.23. The van der Waals surface area contributed by atoms with Crippen LogP contribution in [0.15, 0.2) is 48.1 Å². The van der Waals surface area contributed by atoms with Crippen LogP contribution in [-0.4, -0.2) is 39.2 Å². The van der Waals surface area contributed by atoms with Crippen LogP contribution in [0.2, 0.25) is 0 Å². The van der Waals surface area contributed by atoms with Crippen molar-refractivity contribution in [1.29, 1.82) is 5.26 Å². The first-order chi connectivity index (χ1) is 16.2. The zero-order valence-corrected chi connectivity index (χ0v) is 19.8. The van der Waals surface area contributed by atoms with Gasteiger partial charge in [-0.25, -0.2) is 14.8 Å². The van der Waals surface area contributed by atoms with E-state index < -0.39 is 11.6 Å². The molecule has 1 aromatic carbocycles. The summed E-state index contributed by atoms with van der Waals surface area (Å²) in [6, 6.07) is 10.8. The van der Waals surface area contributed by atoms with Gasteiger partial charge in [-0.3, -0.25) is 4.79 Å².